The van der Waals surface area contributed by atoms with Gasteiger partial charge in [-0.1, -0.05) is 75.3 Å². The van der Waals surface area contributed by atoms with Gasteiger partial charge in [-0.05, 0) is 43.1 Å². The van der Waals surface area contributed by atoms with Crippen LogP contribution in [0.1, 0.15) is 82.3 Å². The minimum absolute atomic E-state index is 0.0609. The molecule has 0 radical (unpaired) electrons. The first-order valence-corrected chi connectivity index (χ1v) is 13.1. The predicted octanol–water partition coefficient (Wildman–Crippen LogP) is 5.26. The van der Waals surface area contributed by atoms with E-state index >= 15 is 0 Å². The third kappa shape index (κ3) is 6.95. The van der Waals surface area contributed by atoms with Gasteiger partial charge in [0.15, 0.2) is 0 Å². The van der Waals surface area contributed by atoms with E-state index in [1.54, 1.807) is 0 Å². The molecule has 0 spiro atoms. The van der Waals surface area contributed by atoms with Crippen LogP contribution in [0.25, 0.3) is 0 Å². The number of piperidine rings is 1. The molecule has 3 fully saturated rings. The average Bonchev–Trinajstić information content (AvgIpc) is 3.67. The van der Waals surface area contributed by atoms with E-state index < -0.39 is 0 Å². The number of nitrogens with one attached hydrogen (secondary N) is 1. The zero-order valence-electron chi connectivity index (χ0n) is 19.7. The average molecular weight is 442 g/mol. The summed E-state index contributed by atoms with van der Waals surface area (Å²) in [5.74, 6) is 1.93. The molecule has 178 valence electrons. The van der Waals surface area contributed by atoms with E-state index in [0.29, 0.717) is 18.4 Å². The Labute approximate surface area is 194 Å². The van der Waals surface area contributed by atoms with E-state index in [9.17, 15) is 4.79 Å². The summed E-state index contributed by atoms with van der Waals surface area (Å²) in [6, 6.07) is 10.8. The van der Waals surface area contributed by atoms with Gasteiger partial charge in [0, 0.05) is 38.2 Å². The van der Waals surface area contributed by atoms with Crippen molar-refractivity contribution in [3.63, 3.8) is 0 Å². The van der Waals surface area contributed by atoms with Crippen molar-refractivity contribution in [3.05, 3.63) is 35.9 Å². The van der Waals surface area contributed by atoms with Crippen LogP contribution in [0.2, 0.25) is 0 Å². The SMILES string of the molecule is NC[C@H](CC1CCCCC1)NC(=O)N1CCCC(C(OCCC2CC2)c2ccccc2)C1. The van der Waals surface area contributed by atoms with Gasteiger partial charge in [0.1, 0.15) is 0 Å². The number of nitrogens with two attached hydrogens (primary N) is 1. The van der Waals surface area contributed by atoms with Crippen LogP contribution in [-0.2, 0) is 4.74 Å². The predicted molar refractivity (Wildman–Crippen MR) is 129 cm³/mol. The Morgan fingerprint density at radius 2 is 1.81 bits per heavy atom. The van der Waals surface area contributed by atoms with Crippen LogP contribution in [0, 0.1) is 17.8 Å². The molecule has 0 aromatic heterocycles. The number of carbonyl (C=O) groups is 1. The fraction of sp³-hybridized carbons (Fsp3) is 0.741. The minimum Gasteiger partial charge on any atom is -0.373 e. The van der Waals surface area contributed by atoms with Crippen LogP contribution in [-0.4, -0.2) is 43.2 Å². The smallest absolute Gasteiger partial charge is 0.317 e. The molecule has 3 atom stereocenters. The van der Waals surface area contributed by atoms with E-state index in [-0.39, 0.29) is 18.2 Å². The molecule has 4 rings (SSSR count). The maximum atomic E-state index is 13.1. The Morgan fingerprint density at radius 1 is 1.03 bits per heavy atom. The molecule has 1 aromatic carbocycles. The standard InChI is InChI=1S/C27H43N3O2/c28-19-25(18-22-8-3-1-4-9-22)29-27(31)30-16-7-12-24(20-30)26(23-10-5-2-6-11-23)32-17-15-21-13-14-21/h2,5-6,10-11,21-22,24-26H,1,3-4,7-9,12-20,28H2,(H,29,31)/t24?,25-,26?/m0/s1. The molecule has 2 aliphatic carbocycles. The quantitative estimate of drug-likeness (QED) is 0.520. The van der Waals surface area contributed by atoms with Crippen molar-refractivity contribution in [1.29, 1.82) is 0 Å². The zero-order valence-corrected chi connectivity index (χ0v) is 19.7. The van der Waals surface area contributed by atoms with Crippen LogP contribution >= 0.6 is 0 Å². The molecule has 32 heavy (non-hydrogen) atoms. The molecule has 2 amide bonds. The first-order chi connectivity index (χ1) is 15.7. The normalized spacial score (nSPS) is 24.2. The second-order valence-corrected chi connectivity index (χ2v) is 10.4. The topological polar surface area (TPSA) is 67.6 Å². The fourth-order valence-electron chi connectivity index (χ4n) is 5.66. The molecule has 2 saturated carbocycles. The van der Waals surface area contributed by atoms with Gasteiger partial charge >= 0.3 is 6.03 Å². The van der Waals surface area contributed by atoms with Crippen LogP contribution in [0.3, 0.4) is 0 Å². The number of carbonyl (C=O) groups excluding carboxylic acids is 1. The summed E-state index contributed by atoms with van der Waals surface area (Å²) in [6.07, 6.45) is 13.7. The summed E-state index contributed by atoms with van der Waals surface area (Å²) in [4.78, 5) is 15.2. The number of rotatable bonds is 10. The largest absolute Gasteiger partial charge is 0.373 e. The van der Waals surface area contributed by atoms with Crippen LogP contribution < -0.4 is 11.1 Å². The lowest BCUT2D eigenvalue weighted by atomic mass is 9.85. The molecule has 1 saturated heterocycles. The second kappa shape index (κ2) is 12.0. The van der Waals surface area contributed by atoms with E-state index in [1.807, 2.05) is 4.90 Å². The van der Waals surface area contributed by atoms with Crippen molar-refractivity contribution in [3.8, 4) is 0 Å². The lowest BCUT2D eigenvalue weighted by molar-refractivity contribution is -0.0127. The number of likely N-dealkylation sites (tertiary alicyclic amines) is 1. The molecule has 3 aliphatic rings. The Kier molecular flexibility index (Phi) is 8.86. The van der Waals surface area contributed by atoms with Gasteiger partial charge in [0.05, 0.1) is 6.10 Å². The third-order valence-electron chi connectivity index (χ3n) is 7.78. The van der Waals surface area contributed by atoms with Gasteiger partial charge in [-0.15, -0.1) is 0 Å². The van der Waals surface area contributed by atoms with E-state index in [1.165, 1.54) is 56.9 Å². The monoisotopic (exact) mass is 441 g/mol. The van der Waals surface area contributed by atoms with Crippen LogP contribution in [0.4, 0.5) is 4.79 Å². The fourth-order valence-corrected chi connectivity index (χ4v) is 5.66. The van der Waals surface area contributed by atoms with Crippen molar-refractivity contribution < 1.29 is 9.53 Å². The number of urea groups is 1. The highest BCUT2D eigenvalue weighted by Gasteiger charge is 2.32. The lowest BCUT2D eigenvalue weighted by Crippen LogP contribution is -2.51. The number of ether oxygens (including phenoxy) is 1. The van der Waals surface area contributed by atoms with Gasteiger partial charge in [0.25, 0.3) is 0 Å². The maximum Gasteiger partial charge on any atom is 0.317 e. The van der Waals surface area contributed by atoms with Crippen LogP contribution in [0.5, 0.6) is 0 Å². The van der Waals surface area contributed by atoms with Crippen molar-refractivity contribution >= 4 is 6.03 Å². The minimum atomic E-state index is 0.0609. The first kappa shape index (κ1) is 23.6. The highest BCUT2D eigenvalue weighted by Crippen LogP contribution is 2.36. The molecule has 5 nitrogen and oxygen atoms in total. The first-order valence-electron chi connectivity index (χ1n) is 13.1. The number of nitrogens with zero attached hydrogens (tertiary/aromatic N) is 1. The number of hydrogen-bond acceptors (Lipinski definition) is 3. The molecule has 1 aliphatic heterocycles. The summed E-state index contributed by atoms with van der Waals surface area (Å²) in [5, 5.41) is 3.27. The van der Waals surface area contributed by atoms with E-state index in [0.717, 1.165) is 44.9 Å². The Morgan fingerprint density at radius 3 is 2.53 bits per heavy atom. The van der Waals surface area contributed by atoms with E-state index in [4.69, 9.17) is 10.5 Å². The van der Waals surface area contributed by atoms with Crippen molar-refractivity contribution in [2.24, 2.45) is 23.5 Å². The summed E-state index contributed by atoms with van der Waals surface area (Å²) in [7, 11) is 0. The molecule has 2 unspecified atom stereocenters. The van der Waals surface area contributed by atoms with Gasteiger partial charge in [0.2, 0.25) is 0 Å². The van der Waals surface area contributed by atoms with Crippen molar-refractivity contribution in [1.82, 2.24) is 10.2 Å². The summed E-state index contributed by atoms with van der Waals surface area (Å²) in [5.41, 5.74) is 7.29. The summed E-state index contributed by atoms with van der Waals surface area (Å²) < 4.78 is 6.47. The Hall–Kier alpha value is -1.59. The second-order valence-electron chi connectivity index (χ2n) is 10.4. The molecule has 0 bridgehead atoms. The van der Waals surface area contributed by atoms with Crippen LogP contribution in [0.15, 0.2) is 30.3 Å². The van der Waals surface area contributed by atoms with Gasteiger partial charge in [-0.3, -0.25) is 0 Å². The molecule has 1 heterocycles. The molecule has 5 heteroatoms. The van der Waals surface area contributed by atoms with E-state index in [2.05, 4.69) is 35.6 Å². The maximum absolute atomic E-state index is 13.1. The molecule has 3 N–H and O–H groups in total. The molecular weight excluding hydrogens is 398 g/mol. The lowest BCUT2D eigenvalue weighted by Gasteiger charge is -2.38. The van der Waals surface area contributed by atoms with Crippen molar-refractivity contribution in [2.45, 2.75) is 82.8 Å². The summed E-state index contributed by atoms with van der Waals surface area (Å²) >= 11 is 0. The number of amides is 2. The number of hydrogen-bond donors (Lipinski definition) is 2. The Bertz CT molecular complexity index is 687. The van der Waals surface area contributed by atoms with Gasteiger partial charge in [-0.2, -0.15) is 0 Å². The highest BCUT2D eigenvalue weighted by molar-refractivity contribution is 5.74. The number of benzene rings is 1. The van der Waals surface area contributed by atoms with Gasteiger partial charge < -0.3 is 20.7 Å². The summed E-state index contributed by atoms with van der Waals surface area (Å²) in [6.45, 7) is 2.93. The highest BCUT2D eigenvalue weighted by atomic mass is 16.5. The third-order valence-corrected chi connectivity index (χ3v) is 7.78. The Balaban J connectivity index is 1.33. The zero-order chi connectivity index (χ0) is 22.2. The molecule has 1 aromatic rings. The van der Waals surface area contributed by atoms with Gasteiger partial charge in [-0.25, -0.2) is 4.79 Å². The molecular formula is C27H43N3O2. The van der Waals surface area contributed by atoms with Crippen molar-refractivity contribution in [2.75, 3.05) is 26.2 Å².